The zero-order chi connectivity index (χ0) is 18.5. The summed E-state index contributed by atoms with van der Waals surface area (Å²) in [7, 11) is 0. The average Bonchev–Trinajstić information content (AvgIpc) is 3.32. The number of carbonyl (C=O) groups excluding carboxylic acids is 1. The van der Waals surface area contributed by atoms with Gasteiger partial charge in [0, 0.05) is 10.4 Å². The molecule has 6 nitrogen and oxygen atoms in total. The van der Waals surface area contributed by atoms with Gasteiger partial charge in [0.15, 0.2) is 18.1 Å². The van der Waals surface area contributed by atoms with Gasteiger partial charge in [-0.3, -0.25) is 4.79 Å². The summed E-state index contributed by atoms with van der Waals surface area (Å²) in [5.74, 6) is -0.0936. The molecule has 1 saturated carbocycles. The van der Waals surface area contributed by atoms with Gasteiger partial charge in [-0.1, -0.05) is 6.07 Å². The summed E-state index contributed by atoms with van der Waals surface area (Å²) >= 11 is 1.64. The topological polar surface area (TPSA) is 84.9 Å². The molecule has 0 radical (unpaired) electrons. The van der Waals surface area contributed by atoms with Crippen LogP contribution in [0.2, 0.25) is 0 Å². The minimum Gasteiger partial charge on any atom is -0.490 e. The van der Waals surface area contributed by atoms with Gasteiger partial charge in [-0.15, -0.1) is 11.3 Å². The van der Waals surface area contributed by atoms with Crippen molar-refractivity contribution < 1.29 is 24.2 Å². The van der Waals surface area contributed by atoms with E-state index >= 15 is 0 Å². The van der Waals surface area contributed by atoms with E-state index < -0.39 is 12.6 Å². The molecule has 1 heterocycles. The largest absolute Gasteiger partial charge is 0.490 e. The van der Waals surface area contributed by atoms with Gasteiger partial charge in [-0.2, -0.15) is 0 Å². The van der Waals surface area contributed by atoms with Crippen LogP contribution in [0.15, 0.2) is 35.7 Å². The third-order valence-corrected chi connectivity index (χ3v) is 5.04. The number of rotatable bonds is 9. The summed E-state index contributed by atoms with van der Waals surface area (Å²) < 4.78 is 10.7. The van der Waals surface area contributed by atoms with Crippen LogP contribution in [-0.4, -0.2) is 30.2 Å². The summed E-state index contributed by atoms with van der Waals surface area (Å²) in [6, 6.07) is 8.84. The highest BCUT2D eigenvalue weighted by atomic mass is 32.1. The van der Waals surface area contributed by atoms with Crippen LogP contribution in [0.3, 0.4) is 0 Å². The minimum atomic E-state index is -1.07. The number of aliphatic carboxylic acids is 1. The van der Waals surface area contributed by atoms with E-state index in [4.69, 9.17) is 14.6 Å². The van der Waals surface area contributed by atoms with Crippen molar-refractivity contribution in [3.8, 4) is 11.5 Å². The van der Waals surface area contributed by atoms with E-state index in [1.54, 1.807) is 29.5 Å². The van der Waals surface area contributed by atoms with E-state index in [1.165, 1.54) is 0 Å². The molecule has 2 aromatic rings. The molecule has 3 rings (SSSR count). The molecule has 1 amide bonds. The maximum Gasteiger partial charge on any atom is 0.341 e. The second kappa shape index (κ2) is 8.23. The summed E-state index contributed by atoms with van der Waals surface area (Å²) in [5, 5.41) is 13.9. The van der Waals surface area contributed by atoms with E-state index in [2.05, 4.69) is 5.32 Å². The first-order valence-electron chi connectivity index (χ1n) is 8.54. The van der Waals surface area contributed by atoms with Crippen molar-refractivity contribution in [2.45, 2.75) is 25.8 Å². The second-order valence-corrected chi connectivity index (χ2v) is 7.06. The van der Waals surface area contributed by atoms with Gasteiger partial charge in [0.05, 0.1) is 12.6 Å². The molecule has 0 aliphatic heterocycles. The number of hydrogen-bond acceptors (Lipinski definition) is 5. The Labute approximate surface area is 155 Å². The molecule has 1 unspecified atom stereocenters. The standard InChI is InChI=1S/C19H21NO5S/c1-2-24-15-10-13(7-8-14(15)25-11-17(21)22)19(23)20-18(12-5-6-12)16-4-3-9-26-16/h3-4,7-10,12,18H,2,5-6,11H2,1H3,(H,20,23)(H,21,22). The highest BCUT2D eigenvalue weighted by Gasteiger charge is 2.34. The normalized spacial score (nSPS) is 14.5. The molecule has 1 atom stereocenters. The Morgan fingerprint density at radius 2 is 2.08 bits per heavy atom. The lowest BCUT2D eigenvalue weighted by molar-refractivity contribution is -0.139. The first kappa shape index (κ1) is 18.3. The molecule has 0 saturated heterocycles. The number of amides is 1. The summed E-state index contributed by atoms with van der Waals surface area (Å²) in [6.07, 6.45) is 2.24. The maximum atomic E-state index is 12.7. The smallest absolute Gasteiger partial charge is 0.341 e. The summed E-state index contributed by atoms with van der Waals surface area (Å²) in [6.45, 7) is 1.73. The summed E-state index contributed by atoms with van der Waals surface area (Å²) in [5.41, 5.74) is 0.457. The molecule has 1 aliphatic rings. The zero-order valence-electron chi connectivity index (χ0n) is 14.4. The predicted octanol–water partition coefficient (Wildman–Crippen LogP) is 3.49. The Morgan fingerprint density at radius 1 is 1.27 bits per heavy atom. The van der Waals surface area contributed by atoms with Crippen LogP contribution in [0, 0.1) is 5.92 Å². The molecular formula is C19H21NO5S. The van der Waals surface area contributed by atoms with Crippen molar-refractivity contribution >= 4 is 23.2 Å². The summed E-state index contributed by atoms with van der Waals surface area (Å²) in [4.78, 5) is 24.6. The molecule has 1 aliphatic carbocycles. The predicted molar refractivity (Wildman–Crippen MR) is 98.0 cm³/mol. The molecule has 0 bridgehead atoms. The van der Waals surface area contributed by atoms with Gasteiger partial charge in [0.1, 0.15) is 0 Å². The second-order valence-electron chi connectivity index (χ2n) is 6.08. The zero-order valence-corrected chi connectivity index (χ0v) is 15.3. The highest BCUT2D eigenvalue weighted by molar-refractivity contribution is 7.10. The molecule has 2 N–H and O–H groups in total. The number of carbonyl (C=O) groups is 2. The Morgan fingerprint density at radius 3 is 2.69 bits per heavy atom. The molecular weight excluding hydrogens is 354 g/mol. The van der Waals surface area contributed by atoms with E-state index in [-0.39, 0.29) is 11.9 Å². The van der Waals surface area contributed by atoms with Crippen LogP contribution < -0.4 is 14.8 Å². The molecule has 138 valence electrons. The number of ether oxygens (including phenoxy) is 2. The van der Waals surface area contributed by atoms with Crippen LogP contribution in [0.1, 0.15) is 41.0 Å². The van der Waals surface area contributed by atoms with Gasteiger partial charge < -0.3 is 19.9 Å². The third kappa shape index (κ3) is 4.54. The van der Waals surface area contributed by atoms with Gasteiger partial charge in [0.2, 0.25) is 0 Å². The number of thiophene rings is 1. The van der Waals surface area contributed by atoms with Crippen LogP contribution in [0.5, 0.6) is 11.5 Å². The Bertz CT molecular complexity index is 770. The quantitative estimate of drug-likeness (QED) is 0.701. The number of carboxylic acid groups (broad SMARTS) is 1. The van der Waals surface area contributed by atoms with E-state index in [1.807, 2.05) is 24.4 Å². The van der Waals surface area contributed by atoms with Gasteiger partial charge in [-0.05, 0) is 55.3 Å². The molecule has 1 aromatic heterocycles. The third-order valence-electron chi connectivity index (χ3n) is 4.09. The Kier molecular flexibility index (Phi) is 5.78. The fourth-order valence-corrected chi connectivity index (χ4v) is 3.59. The van der Waals surface area contributed by atoms with Crippen LogP contribution in [0.4, 0.5) is 0 Å². The van der Waals surface area contributed by atoms with Gasteiger partial charge in [0.25, 0.3) is 5.91 Å². The van der Waals surface area contributed by atoms with Crippen molar-refractivity contribution in [1.82, 2.24) is 5.32 Å². The number of benzene rings is 1. The highest BCUT2D eigenvalue weighted by Crippen LogP contribution is 2.42. The lowest BCUT2D eigenvalue weighted by Gasteiger charge is -2.18. The average molecular weight is 375 g/mol. The SMILES string of the molecule is CCOc1cc(C(=O)NC(c2cccs2)C2CC2)ccc1OCC(=O)O. The number of carboxylic acids is 1. The van der Waals surface area contributed by atoms with E-state index in [0.29, 0.717) is 29.6 Å². The Balaban J connectivity index is 1.75. The maximum absolute atomic E-state index is 12.7. The Hall–Kier alpha value is -2.54. The molecule has 1 fully saturated rings. The fraction of sp³-hybridized carbons (Fsp3) is 0.368. The molecule has 26 heavy (non-hydrogen) atoms. The fourth-order valence-electron chi connectivity index (χ4n) is 2.72. The van der Waals surface area contributed by atoms with Crippen molar-refractivity contribution in [3.05, 3.63) is 46.2 Å². The molecule has 1 aromatic carbocycles. The minimum absolute atomic E-state index is 0.0287. The lowest BCUT2D eigenvalue weighted by Crippen LogP contribution is -2.29. The number of nitrogens with one attached hydrogen (secondary N) is 1. The van der Waals surface area contributed by atoms with Crippen molar-refractivity contribution in [2.75, 3.05) is 13.2 Å². The van der Waals surface area contributed by atoms with Crippen LogP contribution in [0.25, 0.3) is 0 Å². The van der Waals surface area contributed by atoms with Crippen LogP contribution >= 0.6 is 11.3 Å². The first-order chi connectivity index (χ1) is 12.6. The van der Waals surface area contributed by atoms with Gasteiger partial charge >= 0.3 is 5.97 Å². The number of hydrogen-bond donors (Lipinski definition) is 2. The van der Waals surface area contributed by atoms with Crippen LogP contribution in [-0.2, 0) is 4.79 Å². The lowest BCUT2D eigenvalue weighted by atomic mass is 10.1. The first-order valence-corrected chi connectivity index (χ1v) is 9.42. The van der Waals surface area contributed by atoms with Crippen molar-refractivity contribution in [3.63, 3.8) is 0 Å². The molecule has 0 spiro atoms. The van der Waals surface area contributed by atoms with Crippen molar-refractivity contribution in [2.24, 2.45) is 5.92 Å². The monoisotopic (exact) mass is 375 g/mol. The molecule has 7 heteroatoms. The van der Waals surface area contributed by atoms with Gasteiger partial charge in [-0.25, -0.2) is 4.79 Å². The van der Waals surface area contributed by atoms with E-state index in [9.17, 15) is 9.59 Å². The van der Waals surface area contributed by atoms with Crippen molar-refractivity contribution in [1.29, 1.82) is 0 Å². The van der Waals surface area contributed by atoms with E-state index in [0.717, 1.165) is 17.7 Å².